The quantitative estimate of drug-likeness (QED) is 0.417. The second-order valence-electron chi connectivity index (χ2n) is 3.07. The number of hydrogen-bond donors (Lipinski definition) is 2. The molecule has 12 heavy (non-hydrogen) atoms. The third kappa shape index (κ3) is 2.22. The number of nitrogens with two attached hydrogens (primary N) is 2. The number of hydrazone groups is 2. The van der Waals surface area contributed by atoms with Gasteiger partial charge in [0.15, 0.2) is 0 Å². The van der Waals surface area contributed by atoms with Crippen LogP contribution in [0.4, 0.5) is 0 Å². The number of hydrogen-bond acceptors (Lipinski definition) is 4. The third-order valence-electron chi connectivity index (χ3n) is 2.22. The van der Waals surface area contributed by atoms with Gasteiger partial charge in [0.05, 0.1) is 11.4 Å². The van der Waals surface area contributed by atoms with Crippen molar-refractivity contribution in [1.82, 2.24) is 0 Å². The van der Waals surface area contributed by atoms with Gasteiger partial charge in [-0.2, -0.15) is 10.2 Å². The van der Waals surface area contributed by atoms with Gasteiger partial charge in [-0.25, -0.2) is 0 Å². The molecule has 0 heterocycles. The fourth-order valence-corrected chi connectivity index (χ4v) is 1.51. The fraction of sp³-hybridized carbons (Fsp3) is 0.750. The van der Waals surface area contributed by atoms with E-state index in [9.17, 15) is 0 Å². The summed E-state index contributed by atoms with van der Waals surface area (Å²) in [6.45, 7) is 0. The third-order valence-corrected chi connectivity index (χ3v) is 2.22. The molecule has 0 aromatic carbocycles. The molecule has 0 aliphatic heterocycles. The zero-order chi connectivity index (χ0) is 8.81. The SMILES string of the molecule is N/N=C1/CCCCCC/C1=N/N. The minimum absolute atomic E-state index is 0.886. The van der Waals surface area contributed by atoms with Crippen LogP contribution in [-0.4, -0.2) is 11.4 Å². The largest absolute Gasteiger partial charge is 0.323 e. The van der Waals surface area contributed by atoms with E-state index in [2.05, 4.69) is 10.2 Å². The van der Waals surface area contributed by atoms with Gasteiger partial charge in [0.1, 0.15) is 0 Å². The van der Waals surface area contributed by atoms with E-state index in [4.69, 9.17) is 11.7 Å². The van der Waals surface area contributed by atoms with Gasteiger partial charge in [-0.15, -0.1) is 0 Å². The van der Waals surface area contributed by atoms with Gasteiger partial charge in [-0.1, -0.05) is 12.8 Å². The Morgan fingerprint density at radius 3 is 1.50 bits per heavy atom. The maximum atomic E-state index is 5.24. The van der Waals surface area contributed by atoms with Crippen molar-refractivity contribution in [1.29, 1.82) is 0 Å². The smallest absolute Gasteiger partial charge is 0.0832 e. The molecule has 1 saturated carbocycles. The van der Waals surface area contributed by atoms with Crippen LogP contribution in [0.5, 0.6) is 0 Å². The van der Waals surface area contributed by atoms with Gasteiger partial charge in [-0.05, 0) is 25.7 Å². The van der Waals surface area contributed by atoms with E-state index in [0.29, 0.717) is 0 Å². The molecule has 0 spiro atoms. The molecule has 4 heteroatoms. The molecule has 0 bridgehead atoms. The van der Waals surface area contributed by atoms with E-state index in [1.54, 1.807) is 0 Å². The van der Waals surface area contributed by atoms with Gasteiger partial charge in [0.25, 0.3) is 0 Å². The van der Waals surface area contributed by atoms with Crippen LogP contribution in [0.1, 0.15) is 38.5 Å². The summed E-state index contributed by atoms with van der Waals surface area (Å²) in [7, 11) is 0. The first kappa shape index (κ1) is 9.03. The first-order chi connectivity index (χ1) is 5.88. The van der Waals surface area contributed by atoms with Crippen molar-refractivity contribution >= 4 is 11.4 Å². The topological polar surface area (TPSA) is 76.8 Å². The molecule has 1 rings (SSSR count). The molecule has 0 amide bonds. The average molecular weight is 168 g/mol. The number of rotatable bonds is 0. The summed E-state index contributed by atoms with van der Waals surface area (Å²) in [6.07, 6.45) is 6.66. The molecule has 0 unspecified atom stereocenters. The maximum Gasteiger partial charge on any atom is 0.0832 e. The Morgan fingerprint density at radius 1 is 0.750 bits per heavy atom. The summed E-state index contributed by atoms with van der Waals surface area (Å²) in [6, 6.07) is 0. The molecule has 1 aliphatic carbocycles. The van der Waals surface area contributed by atoms with Crippen molar-refractivity contribution in [3.63, 3.8) is 0 Å². The standard InChI is InChI=1S/C8H16N4/c9-11-7-5-3-1-2-4-6-8(7)12-10/h1-6,9-10H2/b11-7-,12-8-. The number of nitrogens with zero attached hydrogens (tertiary/aromatic N) is 2. The Balaban J connectivity index is 2.65. The predicted molar refractivity (Wildman–Crippen MR) is 50.9 cm³/mol. The van der Waals surface area contributed by atoms with E-state index < -0.39 is 0 Å². The molecule has 4 N–H and O–H groups in total. The van der Waals surface area contributed by atoms with Crippen molar-refractivity contribution in [2.75, 3.05) is 0 Å². The zero-order valence-electron chi connectivity index (χ0n) is 7.29. The average Bonchev–Trinajstić information content (AvgIpc) is 2.05. The fourth-order valence-electron chi connectivity index (χ4n) is 1.51. The Hall–Kier alpha value is -1.06. The van der Waals surface area contributed by atoms with Crippen molar-refractivity contribution in [3.05, 3.63) is 0 Å². The van der Waals surface area contributed by atoms with E-state index in [-0.39, 0.29) is 0 Å². The van der Waals surface area contributed by atoms with E-state index in [1.165, 1.54) is 12.8 Å². The highest BCUT2D eigenvalue weighted by molar-refractivity contribution is 6.42. The van der Waals surface area contributed by atoms with E-state index >= 15 is 0 Å². The van der Waals surface area contributed by atoms with Crippen LogP contribution >= 0.6 is 0 Å². The summed E-state index contributed by atoms with van der Waals surface area (Å²) in [4.78, 5) is 0. The summed E-state index contributed by atoms with van der Waals surface area (Å²) < 4.78 is 0. The van der Waals surface area contributed by atoms with Crippen LogP contribution in [-0.2, 0) is 0 Å². The van der Waals surface area contributed by atoms with Gasteiger partial charge in [0.2, 0.25) is 0 Å². The second-order valence-corrected chi connectivity index (χ2v) is 3.07. The highest BCUT2D eigenvalue weighted by atomic mass is 15.2. The lowest BCUT2D eigenvalue weighted by Gasteiger charge is -2.11. The van der Waals surface area contributed by atoms with Gasteiger partial charge in [0, 0.05) is 0 Å². The molecule has 1 fully saturated rings. The lowest BCUT2D eigenvalue weighted by molar-refractivity contribution is 0.657. The van der Waals surface area contributed by atoms with Crippen LogP contribution in [0.15, 0.2) is 10.2 Å². The lowest BCUT2D eigenvalue weighted by Crippen LogP contribution is -2.19. The summed E-state index contributed by atoms with van der Waals surface area (Å²) in [5.41, 5.74) is 1.77. The molecule has 1 aliphatic rings. The molecule has 68 valence electrons. The zero-order valence-corrected chi connectivity index (χ0v) is 7.29. The minimum Gasteiger partial charge on any atom is -0.323 e. The van der Waals surface area contributed by atoms with Crippen LogP contribution in [0, 0.1) is 0 Å². The predicted octanol–water partition coefficient (Wildman–Crippen LogP) is 0.970. The Morgan fingerprint density at radius 2 is 1.17 bits per heavy atom. The van der Waals surface area contributed by atoms with Gasteiger partial charge >= 0.3 is 0 Å². The Labute approximate surface area is 72.7 Å². The summed E-state index contributed by atoms with van der Waals surface area (Å²) in [5.74, 6) is 10.5. The molecule has 0 atom stereocenters. The van der Waals surface area contributed by atoms with Crippen LogP contribution in [0.2, 0.25) is 0 Å². The lowest BCUT2D eigenvalue weighted by atomic mass is 9.98. The molecule has 0 aromatic heterocycles. The van der Waals surface area contributed by atoms with Crippen LogP contribution in [0.25, 0.3) is 0 Å². The maximum absolute atomic E-state index is 5.24. The molecular weight excluding hydrogens is 152 g/mol. The first-order valence-electron chi connectivity index (χ1n) is 4.42. The molecular formula is C8H16N4. The van der Waals surface area contributed by atoms with Crippen molar-refractivity contribution in [2.45, 2.75) is 38.5 Å². The second kappa shape index (κ2) is 4.74. The summed E-state index contributed by atoms with van der Waals surface area (Å²) >= 11 is 0. The molecule has 0 radical (unpaired) electrons. The Bertz CT molecular complexity index is 173. The molecule has 0 saturated heterocycles. The highest BCUT2D eigenvalue weighted by Gasteiger charge is 2.11. The van der Waals surface area contributed by atoms with Crippen molar-refractivity contribution in [3.8, 4) is 0 Å². The van der Waals surface area contributed by atoms with Crippen molar-refractivity contribution < 1.29 is 0 Å². The highest BCUT2D eigenvalue weighted by Crippen LogP contribution is 2.13. The van der Waals surface area contributed by atoms with Crippen LogP contribution in [0.3, 0.4) is 0 Å². The minimum atomic E-state index is 0.886. The van der Waals surface area contributed by atoms with E-state index in [1.807, 2.05) is 0 Å². The van der Waals surface area contributed by atoms with Gasteiger partial charge < -0.3 is 11.7 Å². The van der Waals surface area contributed by atoms with Crippen molar-refractivity contribution in [2.24, 2.45) is 21.9 Å². The first-order valence-corrected chi connectivity index (χ1v) is 4.42. The Kier molecular flexibility index (Phi) is 3.57. The van der Waals surface area contributed by atoms with E-state index in [0.717, 1.165) is 37.1 Å². The van der Waals surface area contributed by atoms with Gasteiger partial charge in [-0.3, -0.25) is 0 Å². The molecule has 4 nitrogen and oxygen atoms in total. The normalized spacial score (nSPS) is 27.0. The molecule has 0 aromatic rings. The monoisotopic (exact) mass is 168 g/mol. The van der Waals surface area contributed by atoms with Crippen LogP contribution < -0.4 is 11.7 Å². The summed E-state index contributed by atoms with van der Waals surface area (Å²) in [5, 5.41) is 7.41.